The van der Waals surface area contributed by atoms with Crippen LogP contribution in [0, 0.1) is 0 Å². The Morgan fingerprint density at radius 3 is 2.81 bits per heavy atom. The van der Waals surface area contributed by atoms with Crippen LogP contribution in [0.2, 0.25) is 0 Å². The van der Waals surface area contributed by atoms with E-state index in [9.17, 15) is 0 Å². The van der Waals surface area contributed by atoms with Crippen molar-refractivity contribution in [3.8, 4) is 0 Å². The van der Waals surface area contributed by atoms with Crippen molar-refractivity contribution in [3.63, 3.8) is 0 Å². The molecule has 3 rings (SSSR count). The van der Waals surface area contributed by atoms with E-state index in [2.05, 4.69) is 10.2 Å². The first-order valence-corrected chi connectivity index (χ1v) is 7.57. The largest absolute Gasteiger partial charge is 0.423 e. The maximum absolute atomic E-state index is 6.15. The van der Waals surface area contributed by atoms with E-state index in [0.717, 1.165) is 31.4 Å². The first-order chi connectivity index (χ1) is 10.3. The second-order valence-electron chi connectivity index (χ2n) is 5.45. The van der Waals surface area contributed by atoms with E-state index in [1.807, 2.05) is 30.3 Å². The number of aromatic nitrogens is 2. The summed E-state index contributed by atoms with van der Waals surface area (Å²) < 4.78 is 11.4. The third kappa shape index (κ3) is 3.68. The Bertz CT molecular complexity index is 550. The predicted octanol–water partition coefficient (Wildman–Crippen LogP) is 2.62. The lowest BCUT2D eigenvalue weighted by molar-refractivity contribution is 0.0105. The Morgan fingerprint density at radius 1 is 1.19 bits per heavy atom. The van der Waals surface area contributed by atoms with Gasteiger partial charge in [-0.05, 0) is 31.2 Å². The fraction of sp³-hybridized carbons (Fsp3) is 0.500. The average Bonchev–Trinajstić information content (AvgIpc) is 3.03. The number of benzene rings is 1. The molecule has 2 unspecified atom stereocenters. The average molecular weight is 287 g/mol. The number of nitrogens with zero attached hydrogens (tertiary/aromatic N) is 2. The molecule has 1 aromatic carbocycles. The Labute approximate surface area is 124 Å². The Hall–Kier alpha value is -1.72. The molecular formula is C16H21N3O2. The van der Waals surface area contributed by atoms with Gasteiger partial charge in [-0.2, -0.15) is 0 Å². The highest BCUT2D eigenvalue weighted by atomic mass is 16.5. The van der Waals surface area contributed by atoms with Crippen molar-refractivity contribution in [1.82, 2.24) is 10.2 Å². The van der Waals surface area contributed by atoms with Gasteiger partial charge in [-0.3, -0.25) is 0 Å². The molecule has 2 heterocycles. The van der Waals surface area contributed by atoms with Crippen molar-refractivity contribution < 1.29 is 9.15 Å². The highest BCUT2D eigenvalue weighted by Gasteiger charge is 2.18. The molecule has 1 aliphatic rings. The summed E-state index contributed by atoms with van der Waals surface area (Å²) >= 11 is 0. The van der Waals surface area contributed by atoms with Gasteiger partial charge in [-0.1, -0.05) is 30.3 Å². The van der Waals surface area contributed by atoms with Crippen LogP contribution in [-0.2, 0) is 11.2 Å². The molecule has 2 N–H and O–H groups in total. The maximum atomic E-state index is 6.15. The molecule has 1 saturated heterocycles. The first kappa shape index (κ1) is 14.2. The van der Waals surface area contributed by atoms with Crippen molar-refractivity contribution in [1.29, 1.82) is 0 Å². The zero-order valence-electron chi connectivity index (χ0n) is 12.1. The van der Waals surface area contributed by atoms with E-state index in [1.54, 1.807) is 0 Å². The predicted molar refractivity (Wildman–Crippen MR) is 78.7 cm³/mol. The van der Waals surface area contributed by atoms with Crippen LogP contribution in [0.15, 0.2) is 34.7 Å². The third-order valence-electron chi connectivity index (χ3n) is 3.86. The zero-order chi connectivity index (χ0) is 14.5. The lowest BCUT2D eigenvalue weighted by Crippen LogP contribution is -2.19. The fourth-order valence-electron chi connectivity index (χ4n) is 2.62. The lowest BCUT2D eigenvalue weighted by atomic mass is 10.0. The number of hydrogen-bond acceptors (Lipinski definition) is 5. The van der Waals surface area contributed by atoms with Crippen LogP contribution in [0.25, 0.3) is 0 Å². The molecule has 0 bridgehead atoms. The SMILES string of the molecule is NC(c1ccccc1)c1nnc(CCC2CCCCO2)o1. The van der Waals surface area contributed by atoms with Gasteiger partial charge < -0.3 is 14.9 Å². The summed E-state index contributed by atoms with van der Waals surface area (Å²) in [6.45, 7) is 0.874. The molecule has 1 fully saturated rings. The first-order valence-electron chi connectivity index (χ1n) is 7.57. The van der Waals surface area contributed by atoms with Crippen molar-refractivity contribution in [2.24, 2.45) is 5.73 Å². The van der Waals surface area contributed by atoms with E-state index in [4.69, 9.17) is 14.9 Å². The van der Waals surface area contributed by atoms with Crippen LogP contribution < -0.4 is 5.73 Å². The molecule has 0 amide bonds. The van der Waals surface area contributed by atoms with Gasteiger partial charge in [0.15, 0.2) is 0 Å². The molecule has 0 saturated carbocycles. The normalized spacial score (nSPS) is 20.3. The molecule has 2 aromatic rings. The van der Waals surface area contributed by atoms with Crippen LogP contribution in [0.5, 0.6) is 0 Å². The van der Waals surface area contributed by atoms with Gasteiger partial charge in [0.1, 0.15) is 6.04 Å². The molecule has 5 nitrogen and oxygen atoms in total. The smallest absolute Gasteiger partial charge is 0.237 e. The Morgan fingerprint density at radius 2 is 2.05 bits per heavy atom. The minimum Gasteiger partial charge on any atom is -0.423 e. The molecule has 1 aromatic heterocycles. The number of ether oxygens (including phenoxy) is 1. The number of nitrogens with two attached hydrogens (primary N) is 1. The number of rotatable bonds is 5. The number of hydrogen-bond donors (Lipinski definition) is 1. The van der Waals surface area contributed by atoms with Gasteiger partial charge in [0.2, 0.25) is 11.8 Å². The van der Waals surface area contributed by atoms with Crippen molar-refractivity contribution >= 4 is 0 Å². The molecule has 0 spiro atoms. The van der Waals surface area contributed by atoms with E-state index < -0.39 is 0 Å². The van der Waals surface area contributed by atoms with E-state index in [-0.39, 0.29) is 6.04 Å². The van der Waals surface area contributed by atoms with E-state index >= 15 is 0 Å². The minimum absolute atomic E-state index is 0.330. The summed E-state index contributed by atoms with van der Waals surface area (Å²) in [7, 11) is 0. The molecular weight excluding hydrogens is 266 g/mol. The van der Waals surface area contributed by atoms with Crippen LogP contribution in [-0.4, -0.2) is 22.9 Å². The summed E-state index contributed by atoms with van der Waals surface area (Å²) in [5, 5.41) is 8.17. The van der Waals surface area contributed by atoms with Crippen molar-refractivity contribution in [3.05, 3.63) is 47.7 Å². The van der Waals surface area contributed by atoms with Gasteiger partial charge in [-0.25, -0.2) is 0 Å². The maximum Gasteiger partial charge on any atom is 0.237 e. The monoisotopic (exact) mass is 287 g/mol. The lowest BCUT2D eigenvalue weighted by Gasteiger charge is -2.21. The van der Waals surface area contributed by atoms with Crippen molar-refractivity contribution in [2.75, 3.05) is 6.61 Å². The number of aryl methyl sites for hydroxylation is 1. The summed E-state index contributed by atoms with van der Waals surface area (Å²) in [5.74, 6) is 1.12. The molecule has 21 heavy (non-hydrogen) atoms. The molecule has 112 valence electrons. The van der Waals surface area contributed by atoms with Gasteiger partial charge in [0.25, 0.3) is 0 Å². The summed E-state index contributed by atoms with van der Waals surface area (Å²) in [6, 6.07) is 9.42. The van der Waals surface area contributed by atoms with Crippen molar-refractivity contribution in [2.45, 2.75) is 44.2 Å². The minimum atomic E-state index is -0.363. The van der Waals surface area contributed by atoms with Gasteiger partial charge in [0.05, 0.1) is 6.10 Å². The topological polar surface area (TPSA) is 74.2 Å². The third-order valence-corrected chi connectivity index (χ3v) is 3.86. The summed E-state index contributed by atoms with van der Waals surface area (Å²) in [5.41, 5.74) is 7.12. The molecule has 5 heteroatoms. The summed E-state index contributed by atoms with van der Waals surface area (Å²) in [6.07, 6.45) is 5.56. The zero-order valence-corrected chi connectivity index (χ0v) is 12.1. The summed E-state index contributed by atoms with van der Waals surface area (Å²) in [4.78, 5) is 0. The highest BCUT2D eigenvalue weighted by molar-refractivity contribution is 5.22. The Kier molecular flexibility index (Phi) is 4.62. The van der Waals surface area contributed by atoms with Gasteiger partial charge in [0, 0.05) is 13.0 Å². The standard InChI is InChI=1S/C16H21N3O2/c17-15(12-6-2-1-3-7-12)16-19-18-14(21-16)10-9-13-8-4-5-11-20-13/h1-3,6-7,13,15H,4-5,8-11,17H2. The van der Waals surface area contributed by atoms with Crippen LogP contribution >= 0.6 is 0 Å². The highest BCUT2D eigenvalue weighted by Crippen LogP contribution is 2.20. The molecule has 2 atom stereocenters. The van der Waals surface area contributed by atoms with E-state index in [1.165, 1.54) is 12.8 Å². The van der Waals surface area contributed by atoms with Gasteiger partial charge in [-0.15, -0.1) is 10.2 Å². The van der Waals surface area contributed by atoms with Gasteiger partial charge >= 0.3 is 0 Å². The molecule has 0 radical (unpaired) electrons. The fourth-order valence-corrected chi connectivity index (χ4v) is 2.62. The van der Waals surface area contributed by atoms with E-state index in [0.29, 0.717) is 17.9 Å². The second kappa shape index (κ2) is 6.83. The molecule has 1 aliphatic heterocycles. The quantitative estimate of drug-likeness (QED) is 0.915. The Balaban J connectivity index is 1.58. The molecule has 0 aliphatic carbocycles. The van der Waals surface area contributed by atoms with Crippen LogP contribution in [0.1, 0.15) is 49.1 Å². The second-order valence-corrected chi connectivity index (χ2v) is 5.45. The van der Waals surface area contributed by atoms with Crippen LogP contribution in [0.3, 0.4) is 0 Å². The van der Waals surface area contributed by atoms with Crippen LogP contribution in [0.4, 0.5) is 0 Å².